The molecule has 0 atom stereocenters. The Morgan fingerprint density at radius 1 is 0.885 bits per heavy atom. The number of para-hydroxylation sites is 4. The van der Waals surface area contributed by atoms with E-state index in [9.17, 15) is 35.5 Å². The van der Waals surface area contributed by atoms with Gasteiger partial charge in [-0.25, -0.2) is 0 Å². The first-order valence-electron chi connectivity index (χ1n) is 16.7. The van der Waals surface area contributed by atoms with E-state index in [0.29, 0.717) is 45.5 Å². The van der Waals surface area contributed by atoms with Crippen molar-refractivity contribution in [3.63, 3.8) is 0 Å². The molecule has 0 spiro atoms. The Kier molecular flexibility index (Phi) is 12.0. The van der Waals surface area contributed by atoms with Crippen molar-refractivity contribution in [1.82, 2.24) is 0 Å². The van der Waals surface area contributed by atoms with E-state index in [2.05, 4.69) is 0 Å². The number of oxazole rings is 1. The van der Waals surface area contributed by atoms with Gasteiger partial charge in [0.05, 0.1) is 36.5 Å². The third-order valence-corrected chi connectivity index (χ3v) is 10.0. The third-order valence-electron chi connectivity index (χ3n) is 8.44. The van der Waals surface area contributed by atoms with E-state index in [0.717, 1.165) is 0 Å². The summed E-state index contributed by atoms with van der Waals surface area (Å²) in [5, 5.41) is 0. The standard InChI is InChI=1S/C36H40N2O12S2/c1-3-47-34(39)36(35(40)48-4-2)24-26(15-17-32-37(19-9-21-51(41,42)43)28-11-5-7-13-30(28)49-32)23-27(25-36)16-18-33-38(20-10-22-52(44,45)46)29-12-6-8-14-31(29)50-33/h5-8,11-18,23H,3-4,9-10,19-22,24-25H2,1-2H3,(H-,41,42,43,44,45,46)/p+1. The number of benzene rings is 2. The average Bonchev–Trinajstić information content (AvgIpc) is 3.62. The summed E-state index contributed by atoms with van der Waals surface area (Å²) < 4.78 is 89.0. The van der Waals surface area contributed by atoms with Crippen molar-refractivity contribution in [2.24, 2.45) is 5.41 Å². The first-order chi connectivity index (χ1) is 24.7. The van der Waals surface area contributed by atoms with Gasteiger partial charge in [0, 0.05) is 19.0 Å². The minimum atomic E-state index is -4.18. The average molecular weight is 758 g/mol. The lowest BCUT2D eigenvalue weighted by molar-refractivity contribution is -0.677. The number of aryl methyl sites for hydroxylation is 1. The first-order valence-corrected chi connectivity index (χ1v) is 19.9. The number of ether oxygens (including phenoxy) is 3. The Bertz CT molecular complexity index is 2150. The van der Waals surface area contributed by atoms with Crippen molar-refractivity contribution in [1.29, 1.82) is 0 Å². The van der Waals surface area contributed by atoms with Gasteiger partial charge in [-0.1, -0.05) is 36.4 Å². The second kappa shape index (κ2) is 16.3. The van der Waals surface area contributed by atoms with Crippen LogP contribution in [-0.2, 0) is 45.8 Å². The lowest BCUT2D eigenvalue weighted by atomic mass is 9.71. The normalized spacial score (nSPS) is 17.4. The van der Waals surface area contributed by atoms with Crippen molar-refractivity contribution in [2.45, 2.75) is 46.1 Å². The smallest absolute Gasteiger partial charge is 0.374 e. The van der Waals surface area contributed by atoms with Crippen molar-refractivity contribution < 1.29 is 58.7 Å². The van der Waals surface area contributed by atoms with Crippen LogP contribution in [0.5, 0.6) is 5.75 Å². The van der Waals surface area contributed by atoms with Gasteiger partial charge in [0.2, 0.25) is 11.5 Å². The van der Waals surface area contributed by atoms with Crippen LogP contribution in [-0.4, -0.2) is 69.1 Å². The number of hydrogen-bond donors (Lipinski definition) is 2. The molecular formula is C36H41N2O12S2+. The number of hydrogen-bond acceptors (Lipinski definition) is 11. The molecule has 2 aromatic carbocycles. The second-order valence-electron chi connectivity index (χ2n) is 12.2. The first kappa shape index (κ1) is 38.5. The van der Waals surface area contributed by atoms with E-state index in [1.165, 1.54) is 0 Å². The molecule has 0 amide bonds. The molecule has 0 saturated heterocycles. The predicted octanol–water partition coefficient (Wildman–Crippen LogP) is 4.79. The molecule has 2 aliphatic rings. The summed E-state index contributed by atoms with van der Waals surface area (Å²) in [6, 6.07) is 14.4. The van der Waals surface area contributed by atoms with Gasteiger partial charge in [0.1, 0.15) is 0 Å². The quantitative estimate of drug-likeness (QED) is 0.0932. The van der Waals surface area contributed by atoms with Gasteiger partial charge in [-0.15, -0.1) is 0 Å². The van der Waals surface area contributed by atoms with Gasteiger partial charge in [-0.05, 0) is 74.6 Å². The fraction of sp³-hybridized carbons (Fsp3) is 0.361. The molecule has 5 rings (SSSR count). The van der Waals surface area contributed by atoms with Gasteiger partial charge in [0.25, 0.3) is 25.8 Å². The Balaban J connectivity index is 1.55. The summed E-state index contributed by atoms with van der Waals surface area (Å²) in [6.07, 6.45) is 8.67. The Labute approximate surface area is 302 Å². The van der Waals surface area contributed by atoms with Gasteiger partial charge in [-0.2, -0.15) is 21.4 Å². The lowest BCUT2D eigenvalue weighted by Crippen LogP contribution is -2.44. The molecule has 0 radical (unpaired) electrons. The van der Waals surface area contributed by atoms with Crippen LogP contribution in [0.25, 0.3) is 17.2 Å². The number of anilines is 1. The minimum Gasteiger partial charge on any atom is -0.465 e. The van der Waals surface area contributed by atoms with Crippen molar-refractivity contribution in [2.75, 3.05) is 36.2 Å². The van der Waals surface area contributed by atoms with Crippen molar-refractivity contribution >= 4 is 55.0 Å². The second-order valence-corrected chi connectivity index (χ2v) is 15.4. The number of aromatic nitrogens is 1. The highest BCUT2D eigenvalue weighted by Crippen LogP contribution is 2.43. The van der Waals surface area contributed by atoms with Crippen LogP contribution < -0.4 is 14.2 Å². The third kappa shape index (κ3) is 9.36. The van der Waals surface area contributed by atoms with Crippen LogP contribution in [0.1, 0.15) is 45.4 Å². The van der Waals surface area contributed by atoms with Crippen LogP contribution in [0.15, 0.2) is 94.3 Å². The number of esters is 2. The van der Waals surface area contributed by atoms with Crippen LogP contribution >= 0.6 is 0 Å². The van der Waals surface area contributed by atoms with E-state index in [1.54, 1.807) is 71.9 Å². The van der Waals surface area contributed by atoms with E-state index in [1.807, 2.05) is 30.3 Å². The topological polar surface area (TPSA) is 191 Å². The van der Waals surface area contributed by atoms with Crippen molar-refractivity contribution in [3.8, 4) is 5.75 Å². The highest BCUT2D eigenvalue weighted by atomic mass is 32.2. The van der Waals surface area contributed by atoms with E-state index >= 15 is 0 Å². The number of fused-ring (bicyclic) bond motifs is 2. The molecule has 2 N–H and O–H groups in total. The summed E-state index contributed by atoms with van der Waals surface area (Å²) in [4.78, 5) is 29.0. The number of carbonyl (C=O) groups is 2. The Morgan fingerprint density at radius 3 is 2.23 bits per heavy atom. The molecule has 0 fully saturated rings. The van der Waals surface area contributed by atoms with Gasteiger partial charge >= 0.3 is 17.8 Å². The number of rotatable bonds is 15. The van der Waals surface area contributed by atoms with Gasteiger partial charge in [0.15, 0.2) is 17.7 Å². The Morgan fingerprint density at radius 2 is 1.54 bits per heavy atom. The zero-order valence-corrected chi connectivity index (χ0v) is 30.4. The number of carbonyl (C=O) groups excluding carboxylic acids is 2. The van der Waals surface area contributed by atoms with Crippen LogP contribution in [0.4, 0.5) is 5.69 Å². The monoisotopic (exact) mass is 757 g/mol. The van der Waals surface area contributed by atoms with Gasteiger partial charge in [-0.3, -0.25) is 18.7 Å². The fourth-order valence-electron chi connectivity index (χ4n) is 6.21. The highest BCUT2D eigenvalue weighted by Gasteiger charge is 2.51. The molecule has 1 aromatic heterocycles. The largest absolute Gasteiger partial charge is 0.465 e. The van der Waals surface area contributed by atoms with E-state index in [4.69, 9.17) is 18.6 Å². The maximum Gasteiger partial charge on any atom is 0.374 e. The van der Waals surface area contributed by atoms with E-state index < -0.39 is 49.1 Å². The number of allylic oxidation sites excluding steroid dienone is 6. The van der Waals surface area contributed by atoms with Gasteiger partial charge < -0.3 is 23.5 Å². The molecule has 1 aliphatic heterocycles. The summed E-state index contributed by atoms with van der Waals surface area (Å²) >= 11 is 0. The summed E-state index contributed by atoms with van der Waals surface area (Å²) in [6.45, 7) is 3.78. The fourth-order valence-corrected chi connectivity index (χ4v) is 7.19. The molecule has 0 bridgehead atoms. The molecule has 3 aromatic rings. The number of nitrogens with zero attached hydrogens (tertiary/aromatic N) is 2. The zero-order valence-electron chi connectivity index (χ0n) is 28.8. The van der Waals surface area contributed by atoms with E-state index in [-0.39, 0.29) is 52.0 Å². The lowest BCUT2D eigenvalue weighted by Gasteiger charge is -2.33. The SMILES string of the molecule is CCOC(=O)C1(C(=O)OCC)CC(/C=C/c2oc3ccccc3[n+]2CCCS(=O)(=O)O)=CC(=C/C=C2\Oc3ccccc3N2CCCS(=O)(=O)O)/C1. The van der Waals surface area contributed by atoms with Crippen molar-refractivity contribution in [3.05, 3.63) is 95.8 Å². The summed E-state index contributed by atoms with van der Waals surface area (Å²) in [7, 11) is -8.35. The molecule has 16 heteroatoms. The summed E-state index contributed by atoms with van der Waals surface area (Å²) in [5.41, 5.74) is 1.34. The highest BCUT2D eigenvalue weighted by molar-refractivity contribution is 7.86. The maximum atomic E-state index is 13.6. The maximum absolute atomic E-state index is 13.6. The molecule has 14 nitrogen and oxygen atoms in total. The molecular weight excluding hydrogens is 717 g/mol. The van der Waals surface area contributed by atoms with Crippen LogP contribution in [0.2, 0.25) is 0 Å². The molecule has 52 heavy (non-hydrogen) atoms. The molecule has 1 aliphatic carbocycles. The Hall–Kier alpha value is -4.77. The molecule has 0 unspecified atom stereocenters. The predicted molar refractivity (Wildman–Crippen MR) is 191 cm³/mol. The zero-order chi connectivity index (χ0) is 37.5. The molecule has 2 heterocycles. The molecule has 278 valence electrons. The minimum absolute atomic E-state index is 0.0329. The van der Waals surface area contributed by atoms with Crippen LogP contribution in [0.3, 0.4) is 0 Å². The van der Waals surface area contributed by atoms with Crippen LogP contribution in [0, 0.1) is 5.41 Å². The molecule has 0 saturated carbocycles. The summed E-state index contributed by atoms with van der Waals surface area (Å²) in [5.74, 6) is -1.09.